The van der Waals surface area contributed by atoms with Crippen LogP contribution in [0.4, 0.5) is 0 Å². The Morgan fingerprint density at radius 1 is 1.11 bits per heavy atom. The molecule has 2 fully saturated rings. The third-order valence-electron chi connectivity index (χ3n) is 6.41. The van der Waals surface area contributed by atoms with Gasteiger partial charge in [0.1, 0.15) is 12.3 Å². The molecule has 0 saturated carbocycles. The monoisotopic (exact) mass is 530 g/mol. The Balaban J connectivity index is 1.31. The second-order valence-electron chi connectivity index (χ2n) is 8.94. The van der Waals surface area contributed by atoms with Crippen molar-refractivity contribution >= 4 is 28.9 Å². The van der Waals surface area contributed by atoms with Crippen molar-refractivity contribution in [3.05, 3.63) is 104 Å². The Morgan fingerprint density at radius 3 is 2.46 bits per heavy atom. The second kappa shape index (κ2) is 10.2. The number of aromatic amines is 1. The number of ether oxygens (including phenoxy) is 1. The highest BCUT2D eigenvalue weighted by Gasteiger charge is 2.45. The van der Waals surface area contributed by atoms with Crippen molar-refractivity contribution in [3.8, 4) is 0 Å². The largest absolute Gasteiger partial charge is 0.352 e. The fourth-order valence-corrected chi connectivity index (χ4v) is 10.0. The second-order valence-corrected chi connectivity index (χ2v) is 15.2. The maximum Gasteiger partial charge on any atom is 0.330 e. The molecule has 2 aromatic carbocycles. The van der Waals surface area contributed by atoms with Crippen molar-refractivity contribution in [2.75, 3.05) is 6.61 Å². The molecule has 0 spiro atoms. The highest BCUT2D eigenvalue weighted by atomic mass is 32.9. The van der Waals surface area contributed by atoms with Crippen LogP contribution in [0.1, 0.15) is 47.6 Å². The summed E-state index contributed by atoms with van der Waals surface area (Å²) in [5.41, 5.74) is -0.823. The minimum Gasteiger partial charge on any atom is -0.352 e. The molecule has 7 nitrogen and oxygen atoms in total. The van der Waals surface area contributed by atoms with E-state index < -0.39 is 17.6 Å². The van der Waals surface area contributed by atoms with E-state index in [1.54, 1.807) is 24.5 Å². The molecule has 6 atom stereocenters. The molecule has 2 aliphatic heterocycles. The first-order chi connectivity index (χ1) is 16.8. The van der Waals surface area contributed by atoms with Gasteiger partial charge in [-0.05, 0) is 42.2 Å². The third-order valence-corrected chi connectivity index (χ3v) is 11.7. The standard InChI is InChI=1S/C25H27N2O5PS2/c1-16-13-21(27-14-17(2)24(28)26-25(27)29)31-20(16)15-30-33(34)32-22(18-9-5-3-6-10-18)23(35-33)19-11-7-4-8-12-19/h3-12,14,16,20-23H,13,15H2,1-2H3,(H,26,28,29)/t16-,20+,21+,22+,23-,33?/m0/s1. The van der Waals surface area contributed by atoms with Crippen LogP contribution in [0.3, 0.4) is 0 Å². The van der Waals surface area contributed by atoms with Crippen molar-refractivity contribution in [2.24, 2.45) is 5.92 Å². The summed E-state index contributed by atoms with van der Waals surface area (Å²) in [6, 6.07) is 20.3. The molecule has 0 bridgehead atoms. The molecule has 35 heavy (non-hydrogen) atoms. The molecule has 184 valence electrons. The van der Waals surface area contributed by atoms with E-state index in [-0.39, 0.29) is 35.5 Å². The number of hydrogen-bond acceptors (Lipinski definition) is 7. The van der Waals surface area contributed by atoms with Gasteiger partial charge in [0.05, 0.1) is 18.0 Å². The molecular weight excluding hydrogens is 503 g/mol. The smallest absolute Gasteiger partial charge is 0.330 e. The zero-order valence-corrected chi connectivity index (χ0v) is 21.9. The van der Waals surface area contributed by atoms with Crippen LogP contribution in [0.2, 0.25) is 0 Å². The van der Waals surface area contributed by atoms with E-state index in [0.29, 0.717) is 12.0 Å². The van der Waals surface area contributed by atoms with Crippen LogP contribution >= 0.6 is 17.1 Å². The molecule has 0 aliphatic carbocycles. The highest BCUT2D eigenvalue weighted by Crippen LogP contribution is 2.77. The SMILES string of the molecule is Cc1cn([C@H]2C[C@H](C)[C@@H](COP3(=S)O[C@H](c4ccccc4)[C@H](c4ccccc4)S3)O2)c(=O)[nH]c1=O. The maximum absolute atomic E-state index is 12.3. The summed E-state index contributed by atoms with van der Waals surface area (Å²) in [5, 5.41) is 0.0294. The minimum atomic E-state index is -2.65. The summed E-state index contributed by atoms with van der Waals surface area (Å²) in [6.45, 7) is 4.01. The van der Waals surface area contributed by atoms with Gasteiger partial charge in [0.15, 0.2) is 0 Å². The number of rotatable bonds is 6. The molecule has 0 radical (unpaired) electrons. The Bertz CT molecular complexity index is 1300. The summed E-state index contributed by atoms with van der Waals surface area (Å²) < 4.78 is 20.4. The maximum atomic E-state index is 12.3. The van der Waals surface area contributed by atoms with Gasteiger partial charge < -0.3 is 13.8 Å². The van der Waals surface area contributed by atoms with Gasteiger partial charge in [-0.1, -0.05) is 79.0 Å². The van der Waals surface area contributed by atoms with Crippen LogP contribution in [0.15, 0.2) is 76.4 Å². The van der Waals surface area contributed by atoms with Gasteiger partial charge in [0.2, 0.25) is 5.69 Å². The lowest BCUT2D eigenvalue weighted by Gasteiger charge is -2.21. The van der Waals surface area contributed by atoms with E-state index in [1.807, 2.05) is 36.4 Å². The summed E-state index contributed by atoms with van der Waals surface area (Å²) in [6.07, 6.45) is 1.28. The molecule has 2 saturated heterocycles. The number of nitrogens with zero attached hydrogens (tertiary/aromatic N) is 1. The average Bonchev–Trinajstić information content (AvgIpc) is 3.41. The number of aryl methyl sites for hydroxylation is 1. The topological polar surface area (TPSA) is 82.6 Å². The van der Waals surface area contributed by atoms with E-state index in [4.69, 9.17) is 25.6 Å². The third kappa shape index (κ3) is 5.26. The summed E-state index contributed by atoms with van der Waals surface area (Å²) in [7, 11) is 0. The molecule has 1 N–H and O–H groups in total. The van der Waals surface area contributed by atoms with E-state index >= 15 is 0 Å². The average molecular weight is 531 g/mol. The van der Waals surface area contributed by atoms with Crippen LogP contribution < -0.4 is 11.2 Å². The predicted octanol–water partition coefficient (Wildman–Crippen LogP) is 5.26. The van der Waals surface area contributed by atoms with Gasteiger partial charge >= 0.3 is 5.69 Å². The minimum absolute atomic E-state index is 0.0294. The van der Waals surface area contributed by atoms with Gasteiger partial charge in [-0.25, -0.2) is 4.79 Å². The van der Waals surface area contributed by atoms with Gasteiger partial charge in [0, 0.05) is 11.8 Å². The molecule has 2 aliphatic rings. The van der Waals surface area contributed by atoms with Gasteiger partial charge in [-0.15, -0.1) is 0 Å². The Kier molecular flexibility index (Phi) is 7.17. The number of hydrogen-bond donors (Lipinski definition) is 1. The number of nitrogens with one attached hydrogen (secondary N) is 1. The molecule has 3 heterocycles. The lowest BCUT2D eigenvalue weighted by Crippen LogP contribution is -2.33. The summed E-state index contributed by atoms with van der Waals surface area (Å²) in [5.74, 6) is 0.142. The van der Waals surface area contributed by atoms with Crippen molar-refractivity contribution < 1.29 is 13.8 Å². The van der Waals surface area contributed by atoms with Crippen LogP contribution in [0.25, 0.3) is 0 Å². The quantitative estimate of drug-likeness (QED) is 0.436. The zero-order chi connectivity index (χ0) is 24.6. The van der Waals surface area contributed by atoms with Crippen molar-refractivity contribution in [1.29, 1.82) is 0 Å². The van der Waals surface area contributed by atoms with Crippen molar-refractivity contribution in [2.45, 2.75) is 44.0 Å². The lowest BCUT2D eigenvalue weighted by molar-refractivity contribution is -0.0268. The highest BCUT2D eigenvalue weighted by molar-refractivity contribution is 8.68. The van der Waals surface area contributed by atoms with E-state index in [9.17, 15) is 9.59 Å². The van der Waals surface area contributed by atoms with Gasteiger partial charge in [-0.3, -0.25) is 14.3 Å². The first-order valence-electron chi connectivity index (χ1n) is 11.5. The van der Waals surface area contributed by atoms with Crippen LogP contribution in [-0.2, 0) is 25.6 Å². The first-order valence-corrected chi connectivity index (χ1v) is 15.6. The van der Waals surface area contributed by atoms with Crippen LogP contribution in [0, 0.1) is 12.8 Å². The van der Waals surface area contributed by atoms with E-state index in [2.05, 4.69) is 36.2 Å². The molecule has 1 aromatic heterocycles. The van der Waals surface area contributed by atoms with E-state index in [1.165, 1.54) is 4.57 Å². The first kappa shape index (κ1) is 24.7. The zero-order valence-electron chi connectivity index (χ0n) is 19.4. The van der Waals surface area contributed by atoms with E-state index in [0.717, 1.165) is 11.1 Å². The molecule has 3 aromatic rings. The molecule has 10 heteroatoms. The normalized spacial score (nSPS) is 30.5. The Labute approximate surface area is 212 Å². The molecule has 1 unspecified atom stereocenters. The molecule has 0 amide bonds. The number of aromatic nitrogens is 2. The van der Waals surface area contributed by atoms with Crippen LogP contribution in [0.5, 0.6) is 0 Å². The summed E-state index contributed by atoms with van der Waals surface area (Å²) in [4.78, 5) is 26.4. The fraction of sp³-hybridized carbons (Fsp3) is 0.360. The van der Waals surface area contributed by atoms with Gasteiger partial charge in [0.25, 0.3) is 5.56 Å². The lowest BCUT2D eigenvalue weighted by atomic mass is 10.0. The van der Waals surface area contributed by atoms with Crippen molar-refractivity contribution in [3.63, 3.8) is 0 Å². The number of benzene rings is 2. The fourth-order valence-electron chi connectivity index (χ4n) is 4.44. The molecule has 5 rings (SSSR count). The summed E-state index contributed by atoms with van der Waals surface area (Å²) >= 11 is 7.54. The Morgan fingerprint density at radius 2 is 1.77 bits per heavy atom. The number of H-pyrrole nitrogens is 1. The predicted molar refractivity (Wildman–Crippen MR) is 141 cm³/mol. The van der Waals surface area contributed by atoms with Crippen LogP contribution in [-0.4, -0.2) is 22.3 Å². The Hall–Kier alpha value is -2.00. The van der Waals surface area contributed by atoms with Gasteiger partial charge in [-0.2, -0.15) is 0 Å². The molecular formula is C25H27N2O5PS2. The van der Waals surface area contributed by atoms with Crippen molar-refractivity contribution in [1.82, 2.24) is 9.55 Å².